The van der Waals surface area contributed by atoms with Gasteiger partial charge >= 0.3 is 0 Å². The molecule has 0 saturated carbocycles. The largest absolute Gasteiger partial charge is 0.377 e. The molecule has 4 aromatic rings. The molecule has 1 nitrogen and oxygen atoms in total. The minimum atomic E-state index is -0.332. The van der Waals surface area contributed by atoms with Crippen molar-refractivity contribution in [1.29, 1.82) is 0 Å². The minimum absolute atomic E-state index is 0.324. The number of anilines is 1. The Bertz CT molecular complexity index is 1250. The summed E-state index contributed by atoms with van der Waals surface area (Å²) in [4.78, 5) is 2.05. The van der Waals surface area contributed by atoms with E-state index in [9.17, 15) is 13.2 Å². The van der Waals surface area contributed by atoms with Crippen LogP contribution < -0.4 is 15.8 Å². The number of nitrogens with zero attached hydrogens (tertiary/aromatic N) is 1. The summed E-state index contributed by atoms with van der Waals surface area (Å²) in [6.07, 6.45) is 0. The molecule has 170 valence electrons. The van der Waals surface area contributed by atoms with Gasteiger partial charge in [0.25, 0.3) is 0 Å². The first-order valence-electron chi connectivity index (χ1n) is 11.1. The van der Waals surface area contributed by atoms with Crippen molar-refractivity contribution in [2.75, 3.05) is 19.0 Å². The molecule has 0 aliphatic rings. The van der Waals surface area contributed by atoms with Gasteiger partial charge in [0.15, 0.2) is 0 Å². The van der Waals surface area contributed by atoms with E-state index in [1.807, 2.05) is 44.1 Å². The molecule has 5 heteroatoms. The van der Waals surface area contributed by atoms with Crippen LogP contribution in [-0.2, 0) is 0 Å². The Morgan fingerprint density at radius 3 is 1.53 bits per heavy atom. The maximum Gasteiger partial charge on any atom is 0.242 e. The van der Waals surface area contributed by atoms with Crippen LogP contribution in [0.1, 0.15) is 18.1 Å². The number of para-hydroxylation sites is 1. The fourth-order valence-corrected chi connectivity index (χ4v) is 4.39. The number of hydrogen-bond donors (Lipinski definition) is 0. The highest BCUT2D eigenvalue weighted by Gasteiger charge is 2.28. The van der Waals surface area contributed by atoms with Gasteiger partial charge in [-0.05, 0) is 60.5 Å². The summed E-state index contributed by atoms with van der Waals surface area (Å²) >= 11 is 0. The van der Waals surface area contributed by atoms with Crippen LogP contribution in [0, 0.1) is 17.5 Å². The normalized spacial score (nSPS) is 11.7. The second-order valence-corrected chi connectivity index (χ2v) is 8.49. The molecule has 0 aliphatic heterocycles. The Morgan fingerprint density at radius 1 is 0.618 bits per heavy atom. The first-order valence-corrected chi connectivity index (χ1v) is 11.1. The Kier molecular flexibility index (Phi) is 6.92. The summed E-state index contributed by atoms with van der Waals surface area (Å²) in [5.41, 5.74) is 6.55. The summed E-state index contributed by atoms with van der Waals surface area (Å²) in [5, 5.41) is 0. The Labute approximate surface area is 199 Å². The molecule has 0 atom stereocenters. The van der Waals surface area contributed by atoms with Gasteiger partial charge in [0, 0.05) is 25.3 Å². The van der Waals surface area contributed by atoms with E-state index in [1.54, 1.807) is 36.4 Å². The van der Waals surface area contributed by atoms with Gasteiger partial charge in [-0.2, -0.15) is 0 Å². The van der Waals surface area contributed by atoms with Crippen molar-refractivity contribution in [1.82, 2.24) is 0 Å². The zero-order valence-electron chi connectivity index (χ0n) is 19.4. The first kappa shape index (κ1) is 23.4. The van der Waals surface area contributed by atoms with Crippen molar-refractivity contribution >= 4 is 34.4 Å². The number of hydrogen-bond acceptors (Lipinski definition) is 1. The quantitative estimate of drug-likeness (QED) is 0.257. The third-order valence-corrected chi connectivity index (χ3v) is 6.04. The average Bonchev–Trinajstić information content (AvgIpc) is 2.84. The summed E-state index contributed by atoms with van der Waals surface area (Å²) in [6, 6.07) is 27.2. The molecule has 0 fully saturated rings. The predicted molar refractivity (Wildman–Crippen MR) is 137 cm³/mol. The molecule has 0 unspecified atom stereocenters. The van der Waals surface area contributed by atoms with Crippen molar-refractivity contribution in [2.45, 2.75) is 6.92 Å². The van der Waals surface area contributed by atoms with Crippen LogP contribution in [0.2, 0.25) is 0 Å². The van der Waals surface area contributed by atoms with Crippen LogP contribution >= 0.6 is 0 Å². The van der Waals surface area contributed by atoms with E-state index in [2.05, 4.69) is 6.07 Å². The van der Waals surface area contributed by atoms with Crippen LogP contribution in [0.5, 0.6) is 0 Å². The molecule has 0 heterocycles. The minimum Gasteiger partial charge on any atom is -0.377 e. The van der Waals surface area contributed by atoms with Crippen LogP contribution in [0.25, 0.3) is 11.0 Å². The monoisotopic (exact) mass is 455 g/mol. The van der Waals surface area contributed by atoms with Gasteiger partial charge in [-0.1, -0.05) is 71.0 Å². The third-order valence-electron chi connectivity index (χ3n) is 6.04. The molecular weight excluding hydrogens is 430 g/mol. The lowest BCUT2D eigenvalue weighted by atomic mass is 9.34. The summed E-state index contributed by atoms with van der Waals surface area (Å²) < 4.78 is 41.5. The molecule has 0 N–H and O–H groups in total. The third kappa shape index (κ3) is 4.94. The molecule has 0 amide bonds. The van der Waals surface area contributed by atoms with Gasteiger partial charge in [0.2, 0.25) is 6.71 Å². The topological polar surface area (TPSA) is 3.24 Å². The van der Waals surface area contributed by atoms with Gasteiger partial charge in [0.1, 0.15) is 17.5 Å². The first-order chi connectivity index (χ1) is 16.3. The Morgan fingerprint density at radius 2 is 1.06 bits per heavy atom. The lowest BCUT2D eigenvalue weighted by Crippen LogP contribution is -2.44. The van der Waals surface area contributed by atoms with Crippen molar-refractivity contribution in [3.8, 4) is 0 Å². The van der Waals surface area contributed by atoms with E-state index in [0.717, 1.165) is 38.8 Å². The molecule has 0 radical (unpaired) electrons. The van der Waals surface area contributed by atoms with Crippen LogP contribution in [0.4, 0.5) is 18.9 Å². The SMILES string of the molecule is C/C(=C(/B(c1ccc(F)cc1)c1ccc(F)cc1)c1ccc(F)cc1)c1ccccc1N(C)C. The molecule has 0 saturated heterocycles. The molecule has 0 aromatic heterocycles. The second-order valence-electron chi connectivity index (χ2n) is 8.49. The number of allylic oxidation sites excluding steroid dienone is 1. The molecular formula is C29H25BF3N. The Hall–Kier alpha value is -3.73. The fourth-order valence-electron chi connectivity index (χ4n) is 4.39. The highest BCUT2D eigenvalue weighted by molar-refractivity contribution is 7.00. The highest BCUT2D eigenvalue weighted by Crippen LogP contribution is 2.33. The number of halogens is 3. The van der Waals surface area contributed by atoms with Crippen LogP contribution in [0.15, 0.2) is 97.1 Å². The van der Waals surface area contributed by atoms with Crippen LogP contribution in [-0.4, -0.2) is 20.8 Å². The maximum absolute atomic E-state index is 13.9. The van der Waals surface area contributed by atoms with Gasteiger partial charge in [-0.3, -0.25) is 0 Å². The molecule has 4 rings (SSSR count). The average molecular weight is 455 g/mol. The predicted octanol–water partition coefficient (Wildman–Crippen LogP) is 5.95. The molecule has 0 aliphatic carbocycles. The van der Waals surface area contributed by atoms with E-state index >= 15 is 0 Å². The summed E-state index contributed by atoms with van der Waals surface area (Å²) in [5.74, 6) is -0.984. The maximum atomic E-state index is 13.9. The van der Waals surface area contributed by atoms with Gasteiger partial charge < -0.3 is 4.90 Å². The molecule has 34 heavy (non-hydrogen) atoms. The van der Waals surface area contributed by atoms with Gasteiger partial charge in [-0.25, -0.2) is 13.2 Å². The number of rotatable bonds is 6. The fraction of sp³-hybridized carbons (Fsp3) is 0.103. The van der Waals surface area contributed by atoms with Gasteiger partial charge in [-0.15, -0.1) is 0 Å². The van der Waals surface area contributed by atoms with Crippen molar-refractivity contribution in [3.63, 3.8) is 0 Å². The summed E-state index contributed by atoms with van der Waals surface area (Å²) in [6.45, 7) is 1.71. The lowest BCUT2D eigenvalue weighted by molar-refractivity contribution is 0.627. The molecule has 4 aromatic carbocycles. The zero-order chi connectivity index (χ0) is 24.2. The zero-order valence-corrected chi connectivity index (χ0v) is 19.4. The molecule has 0 spiro atoms. The van der Waals surface area contributed by atoms with Crippen molar-refractivity contribution in [3.05, 3.63) is 126 Å². The van der Waals surface area contributed by atoms with Gasteiger partial charge in [0.05, 0.1) is 0 Å². The van der Waals surface area contributed by atoms with E-state index in [1.165, 1.54) is 36.4 Å². The van der Waals surface area contributed by atoms with E-state index in [0.29, 0.717) is 0 Å². The second kappa shape index (κ2) is 10.0. The number of benzene rings is 4. The van der Waals surface area contributed by atoms with E-state index in [4.69, 9.17) is 0 Å². The van der Waals surface area contributed by atoms with Crippen molar-refractivity contribution < 1.29 is 13.2 Å². The van der Waals surface area contributed by atoms with Crippen molar-refractivity contribution in [2.24, 2.45) is 0 Å². The Balaban J connectivity index is 2.05. The standard InChI is InChI=1S/C29H25BF3N/c1-20(27-6-4-5-7-28(27)34(2)3)29(21-8-14-24(31)15-9-21)30(22-10-16-25(32)17-11-22)23-12-18-26(33)19-13-23/h4-19H,1-3H3/b29-20-. The summed E-state index contributed by atoms with van der Waals surface area (Å²) in [7, 11) is 3.97. The molecule has 0 bridgehead atoms. The van der Waals surface area contributed by atoms with Crippen LogP contribution in [0.3, 0.4) is 0 Å². The van der Waals surface area contributed by atoms with E-state index < -0.39 is 0 Å². The highest BCUT2D eigenvalue weighted by atomic mass is 19.1. The lowest BCUT2D eigenvalue weighted by Gasteiger charge is -2.25. The van der Waals surface area contributed by atoms with E-state index in [-0.39, 0.29) is 24.2 Å². The smallest absolute Gasteiger partial charge is 0.242 e.